The maximum Gasteiger partial charge on any atom is 0.414 e. The third kappa shape index (κ3) is 3.78. The minimum Gasteiger partial charge on any atom is -0.445 e. The Morgan fingerprint density at radius 2 is 1.89 bits per heavy atom. The van der Waals surface area contributed by atoms with Crippen LogP contribution in [-0.2, 0) is 14.6 Å². The summed E-state index contributed by atoms with van der Waals surface area (Å²) in [6.45, 7) is 0. The number of carbonyl (C=O) groups excluding carboxylic acids is 2. The van der Waals surface area contributed by atoms with E-state index in [1.165, 1.54) is 0 Å². The zero-order valence-corrected chi connectivity index (χ0v) is 10.9. The number of nitrogens with one attached hydrogen (secondary N) is 1. The molecule has 0 aromatic heterocycles. The molecule has 1 aliphatic heterocycles. The molecule has 1 saturated heterocycles. The topological polar surface area (TPSA) is 89.5 Å². The van der Waals surface area contributed by atoms with Crippen molar-refractivity contribution < 1.29 is 22.7 Å². The summed E-state index contributed by atoms with van der Waals surface area (Å²) < 4.78 is 27.3. The first-order valence-corrected chi connectivity index (χ1v) is 7.56. The lowest BCUT2D eigenvalue weighted by Crippen LogP contribution is -2.34. The van der Waals surface area contributed by atoms with Crippen molar-refractivity contribution in [1.82, 2.24) is 5.32 Å². The maximum absolute atomic E-state index is 11.6. The van der Waals surface area contributed by atoms with Crippen LogP contribution in [0.25, 0.3) is 0 Å². The molecule has 1 aromatic carbocycles. The summed E-state index contributed by atoms with van der Waals surface area (Å²) in [6.07, 6.45) is -1.32. The molecule has 1 fully saturated rings. The summed E-state index contributed by atoms with van der Waals surface area (Å²) in [7, 11) is -3.11. The van der Waals surface area contributed by atoms with Gasteiger partial charge in [-0.15, -0.1) is 0 Å². The summed E-state index contributed by atoms with van der Waals surface area (Å²) in [5.41, 5.74) is 0.332. The van der Waals surface area contributed by atoms with Crippen LogP contribution >= 0.6 is 0 Å². The highest BCUT2D eigenvalue weighted by atomic mass is 32.2. The predicted molar refractivity (Wildman–Crippen MR) is 67.4 cm³/mol. The second kappa shape index (κ2) is 5.40. The van der Waals surface area contributed by atoms with E-state index in [0.29, 0.717) is 5.56 Å². The van der Waals surface area contributed by atoms with E-state index in [9.17, 15) is 18.0 Å². The van der Waals surface area contributed by atoms with Crippen molar-refractivity contribution in [3.05, 3.63) is 35.9 Å². The SMILES string of the molecule is O=C(NC(=O)c1ccccc1)OC1CCS(=O)(=O)C1. The highest BCUT2D eigenvalue weighted by molar-refractivity contribution is 7.91. The summed E-state index contributed by atoms with van der Waals surface area (Å²) in [5, 5.41) is 2.06. The van der Waals surface area contributed by atoms with E-state index in [0.717, 1.165) is 0 Å². The summed E-state index contributed by atoms with van der Waals surface area (Å²) >= 11 is 0. The number of hydrogen-bond donors (Lipinski definition) is 1. The zero-order chi connectivity index (χ0) is 13.9. The third-order valence-electron chi connectivity index (χ3n) is 2.72. The van der Waals surface area contributed by atoms with E-state index in [2.05, 4.69) is 5.32 Å². The van der Waals surface area contributed by atoms with Crippen LogP contribution in [0.2, 0.25) is 0 Å². The molecule has 0 bridgehead atoms. The number of alkyl carbamates (subject to hydrolysis) is 1. The molecule has 1 heterocycles. The van der Waals surface area contributed by atoms with Gasteiger partial charge in [0.05, 0.1) is 11.5 Å². The van der Waals surface area contributed by atoms with Gasteiger partial charge in [-0.1, -0.05) is 18.2 Å². The van der Waals surface area contributed by atoms with Gasteiger partial charge in [0.25, 0.3) is 5.91 Å². The van der Waals surface area contributed by atoms with Gasteiger partial charge in [-0.25, -0.2) is 13.2 Å². The van der Waals surface area contributed by atoms with Crippen molar-refractivity contribution in [3.8, 4) is 0 Å². The lowest BCUT2D eigenvalue weighted by atomic mass is 10.2. The first-order chi connectivity index (χ1) is 8.96. The smallest absolute Gasteiger partial charge is 0.414 e. The summed E-state index contributed by atoms with van der Waals surface area (Å²) in [5.74, 6) is -0.746. The lowest BCUT2D eigenvalue weighted by molar-refractivity contribution is 0.0863. The van der Waals surface area contributed by atoms with Crippen molar-refractivity contribution in [1.29, 1.82) is 0 Å². The van der Waals surface area contributed by atoms with Crippen LogP contribution in [-0.4, -0.2) is 38.0 Å². The number of hydrogen-bond acceptors (Lipinski definition) is 5. The van der Waals surface area contributed by atoms with E-state index in [4.69, 9.17) is 4.74 Å². The molecule has 0 spiro atoms. The first kappa shape index (κ1) is 13.5. The Kier molecular flexibility index (Phi) is 3.84. The predicted octanol–water partition coefficient (Wildman–Crippen LogP) is 0.740. The molecule has 1 N–H and O–H groups in total. The quantitative estimate of drug-likeness (QED) is 0.864. The Balaban J connectivity index is 1.87. The highest BCUT2D eigenvalue weighted by Crippen LogP contribution is 2.14. The number of imide groups is 1. The molecule has 2 rings (SSSR count). The van der Waals surface area contributed by atoms with Gasteiger partial charge in [-0.05, 0) is 18.6 Å². The number of rotatable bonds is 2. The fraction of sp³-hybridized carbons (Fsp3) is 0.333. The Morgan fingerprint density at radius 3 is 2.47 bits per heavy atom. The van der Waals surface area contributed by atoms with Gasteiger partial charge in [0, 0.05) is 5.56 Å². The zero-order valence-electron chi connectivity index (χ0n) is 10.0. The minimum absolute atomic E-state index is 0.0115. The van der Waals surface area contributed by atoms with Crippen molar-refractivity contribution in [2.45, 2.75) is 12.5 Å². The number of amides is 2. The normalized spacial score (nSPS) is 20.7. The number of benzene rings is 1. The van der Waals surface area contributed by atoms with Gasteiger partial charge in [0.2, 0.25) is 0 Å². The van der Waals surface area contributed by atoms with Crippen LogP contribution in [0.1, 0.15) is 16.8 Å². The maximum atomic E-state index is 11.6. The molecule has 7 heteroatoms. The highest BCUT2D eigenvalue weighted by Gasteiger charge is 2.31. The molecule has 19 heavy (non-hydrogen) atoms. The van der Waals surface area contributed by atoms with Crippen LogP contribution in [0.5, 0.6) is 0 Å². The third-order valence-corrected chi connectivity index (χ3v) is 4.45. The van der Waals surface area contributed by atoms with Gasteiger partial charge in [0.15, 0.2) is 9.84 Å². The van der Waals surface area contributed by atoms with E-state index in [1.807, 2.05) is 0 Å². The van der Waals surface area contributed by atoms with Gasteiger partial charge in [0.1, 0.15) is 6.10 Å². The molecule has 1 aliphatic rings. The Hall–Kier alpha value is -1.89. The number of ether oxygens (including phenoxy) is 1. The van der Waals surface area contributed by atoms with E-state index >= 15 is 0 Å². The van der Waals surface area contributed by atoms with Crippen LogP contribution in [0.15, 0.2) is 30.3 Å². The second-order valence-electron chi connectivity index (χ2n) is 4.25. The summed E-state index contributed by atoms with van der Waals surface area (Å²) in [6, 6.07) is 8.21. The fourth-order valence-electron chi connectivity index (χ4n) is 1.79. The molecule has 1 aromatic rings. The largest absolute Gasteiger partial charge is 0.445 e. The molecule has 0 radical (unpaired) electrons. The molecule has 0 aliphatic carbocycles. The average Bonchev–Trinajstić information content (AvgIpc) is 2.69. The molecule has 1 unspecified atom stereocenters. The molecule has 1 atom stereocenters. The van der Waals surface area contributed by atoms with Crippen molar-refractivity contribution in [2.24, 2.45) is 0 Å². The number of carbonyl (C=O) groups is 2. The Morgan fingerprint density at radius 1 is 1.21 bits per heavy atom. The Labute approximate surface area is 110 Å². The first-order valence-electron chi connectivity index (χ1n) is 5.74. The van der Waals surface area contributed by atoms with E-state index in [1.54, 1.807) is 30.3 Å². The molecule has 0 saturated carbocycles. The molecular weight excluding hydrogens is 270 g/mol. The lowest BCUT2D eigenvalue weighted by Gasteiger charge is -2.10. The fourth-order valence-corrected chi connectivity index (χ4v) is 3.38. The number of sulfone groups is 1. The average molecular weight is 283 g/mol. The molecule has 6 nitrogen and oxygen atoms in total. The molecular formula is C12H13NO5S. The van der Waals surface area contributed by atoms with Crippen LogP contribution in [0.3, 0.4) is 0 Å². The summed E-state index contributed by atoms with van der Waals surface area (Å²) in [4.78, 5) is 23.1. The second-order valence-corrected chi connectivity index (χ2v) is 6.48. The van der Waals surface area contributed by atoms with Gasteiger partial charge < -0.3 is 4.74 Å². The monoisotopic (exact) mass is 283 g/mol. The minimum atomic E-state index is -3.11. The van der Waals surface area contributed by atoms with Crippen LogP contribution in [0, 0.1) is 0 Å². The van der Waals surface area contributed by atoms with Crippen molar-refractivity contribution in [2.75, 3.05) is 11.5 Å². The van der Waals surface area contributed by atoms with Gasteiger partial charge in [-0.2, -0.15) is 0 Å². The standard InChI is InChI=1S/C12H13NO5S/c14-11(9-4-2-1-3-5-9)13-12(15)18-10-6-7-19(16,17)8-10/h1-5,10H,6-8H2,(H,13,14,15). The van der Waals surface area contributed by atoms with Crippen LogP contribution in [0.4, 0.5) is 4.79 Å². The van der Waals surface area contributed by atoms with Gasteiger partial charge >= 0.3 is 6.09 Å². The van der Waals surface area contributed by atoms with E-state index < -0.39 is 27.9 Å². The van der Waals surface area contributed by atoms with Crippen molar-refractivity contribution >= 4 is 21.8 Å². The Bertz CT molecular complexity index is 581. The van der Waals surface area contributed by atoms with Gasteiger partial charge in [-0.3, -0.25) is 10.1 Å². The van der Waals surface area contributed by atoms with E-state index in [-0.39, 0.29) is 17.9 Å². The van der Waals surface area contributed by atoms with Crippen molar-refractivity contribution in [3.63, 3.8) is 0 Å². The molecule has 2 amide bonds. The molecule has 102 valence electrons. The van der Waals surface area contributed by atoms with Crippen LogP contribution < -0.4 is 5.32 Å².